The number of aryl methyl sites for hydroxylation is 1. The molecule has 9 heteroatoms. The molecule has 30 heavy (non-hydrogen) atoms. The molecule has 0 saturated heterocycles. The summed E-state index contributed by atoms with van der Waals surface area (Å²) in [5.41, 5.74) is 6.37. The van der Waals surface area contributed by atoms with Crippen LogP contribution in [0.3, 0.4) is 0 Å². The molecule has 0 aliphatic carbocycles. The Morgan fingerprint density at radius 2 is 1.67 bits per heavy atom. The zero-order valence-electron chi connectivity index (χ0n) is 16.3. The van der Waals surface area contributed by atoms with E-state index in [9.17, 15) is 19.2 Å². The highest BCUT2D eigenvalue weighted by atomic mass is 16.2. The lowest BCUT2D eigenvalue weighted by molar-refractivity contribution is -0.124. The van der Waals surface area contributed by atoms with E-state index in [1.807, 2.05) is 25.1 Å². The molecule has 1 heterocycles. The summed E-state index contributed by atoms with van der Waals surface area (Å²) in [6.07, 6.45) is 0.752. The van der Waals surface area contributed by atoms with E-state index in [1.165, 1.54) is 6.07 Å². The summed E-state index contributed by atoms with van der Waals surface area (Å²) in [6, 6.07) is 13.8. The van der Waals surface area contributed by atoms with Gasteiger partial charge in [0, 0.05) is 11.1 Å². The number of hydrogen-bond acceptors (Lipinski definition) is 5. The van der Waals surface area contributed by atoms with Gasteiger partial charge in [0.2, 0.25) is 11.8 Å². The van der Waals surface area contributed by atoms with E-state index in [-0.39, 0.29) is 17.6 Å². The quantitative estimate of drug-likeness (QED) is 0.532. The molecule has 0 aliphatic heterocycles. The normalized spacial score (nSPS) is 10.6. The molecule has 0 spiro atoms. The van der Waals surface area contributed by atoms with E-state index in [4.69, 9.17) is 5.73 Å². The van der Waals surface area contributed by atoms with E-state index in [2.05, 4.69) is 15.7 Å². The molecular formula is C21H21N5O4. The topological polar surface area (TPSA) is 136 Å². The fourth-order valence-corrected chi connectivity index (χ4v) is 3.04. The predicted molar refractivity (Wildman–Crippen MR) is 112 cm³/mol. The minimum absolute atomic E-state index is 0.105. The molecule has 3 amide bonds. The second-order valence-electron chi connectivity index (χ2n) is 6.56. The van der Waals surface area contributed by atoms with Crippen LogP contribution in [-0.2, 0) is 22.6 Å². The molecule has 1 aromatic heterocycles. The number of nitrogens with zero attached hydrogens (tertiary/aromatic N) is 2. The smallest absolute Gasteiger partial charge is 0.275 e. The molecule has 0 fully saturated rings. The van der Waals surface area contributed by atoms with Gasteiger partial charge in [0.15, 0.2) is 5.69 Å². The second-order valence-corrected chi connectivity index (χ2v) is 6.56. The first-order chi connectivity index (χ1) is 14.4. The highest BCUT2D eigenvalue weighted by Crippen LogP contribution is 2.15. The van der Waals surface area contributed by atoms with Gasteiger partial charge in [0.05, 0.1) is 11.9 Å². The van der Waals surface area contributed by atoms with Crippen molar-refractivity contribution in [1.29, 1.82) is 0 Å². The highest BCUT2D eigenvalue weighted by molar-refractivity contribution is 6.04. The van der Waals surface area contributed by atoms with Gasteiger partial charge in [-0.1, -0.05) is 43.3 Å². The summed E-state index contributed by atoms with van der Waals surface area (Å²) >= 11 is 0. The van der Waals surface area contributed by atoms with Crippen molar-refractivity contribution in [1.82, 2.24) is 15.1 Å². The Morgan fingerprint density at radius 1 is 1.00 bits per heavy atom. The van der Waals surface area contributed by atoms with E-state index >= 15 is 0 Å². The Morgan fingerprint density at radius 3 is 2.37 bits per heavy atom. The average molecular weight is 407 g/mol. The number of carbonyl (C=O) groups excluding carboxylic acids is 3. The highest BCUT2D eigenvalue weighted by Gasteiger charge is 2.16. The summed E-state index contributed by atoms with van der Waals surface area (Å²) in [5.74, 6) is -1.82. The molecule has 4 N–H and O–H groups in total. The van der Waals surface area contributed by atoms with Crippen molar-refractivity contribution in [3.63, 3.8) is 0 Å². The largest absolute Gasteiger partial charge is 0.364 e. The van der Waals surface area contributed by atoms with Gasteiger partial charge < -0.3 is 16.4 Å². The van der Waals surface area contributed by atoms with Gasteiger partial charge in [-0.05, 0) is 24.1 Å². The second kappa shape index (κ2) is 8.99. The van der Waals surface area contributed by atoms with Crippen molar-refractivity contribution in [2.75, 3.05) is 11.9 Å². The van der Waals surface area contributed by atoms with E-state index < -0.39 is 29.8 Å². The Kier molecular flexibility index (Phi) is 6.21. The third kappa shape index (κ3) is 4.52. The number of carbonyl (C=O) groups is 3. The number of nitrogens with two attached hydrogens (primary N) is 1. The summed E-state index contributed by atoms with van der Waals surface area (Å²) in [4.78, 5) is 48.7. The van der Waals surface area contributed by atoms with E-state index in [0.29, 0.717) is 11.1 Å². The molecule has 3 aromatic rings. The number of amides is 3. The van der Waals surface area contributed by atoms with Gasteiger partial charge in [-0.3, -0.25) is 19.2 Å². The van der Waals surface area contributed by atoms with Crippen molar-refractivity contribution in [2.45, 2.75) is 19.9 Å². The molecule has 0 radical (unpaired) electrons. The number of aromatic nitrogens is 2. The van der Waals surface area contributed by atoms with Crippen molar-refractivity contribution >= 4 is 34.2 Å². The van der Waals surface area contributed by atoms with Crippen molar-refractivity contribution in [2.24, 2.45) is 5.73 Å². The van der Waals surface area contributed by atoms with Gasteiger partial charge >= 0.3 is 0 Å². The standard InChI is InChI=1S/C21H21N5O4/c1-2-13-7-3-6-10-16(13)24-17(27)11-23-18(28)12-26-21(30)15-9-5-4-8-14(15)19(25-26)20(22)29/h3-10H,2,11-12H2,1H3,(H2,22,29)(H,23,28)(H,24,27). The van der Waals surface area contributed by atoms with Gasteiger partial charge in [-0.2, -0.15) is 5.10 Å². The minimum Gasteiger partial charge on any atom is -0.364 e. The van der Waals surface area contributed by atoms with Crippen LogP contribution in [0.15, 0.2) is 53.3 Å². The van der Waals surface area contributed by atoms with Crippen LogP contribution in [0.25, 0.3) is 10.8 Å². The first-order valence-electron chi connectivity index (χ1n) is 9.34. The van der Waals surface area contributed by atoms with Crippen molar-refractivity contribution in [3.05, 3.63) is 70.1 Å². The first kappa shape index (κ1) is 20.7. The molecule has 154 valence electrons. The molecule has 9 nitrogen and oxygen atoms in total. The maximum Gasteiger partial charge on any atom is 0.275 e. The molecule has 0 unspecified atom stereocenters. The third-order valence-corrected chi connectivity index (χ3v) is 4.51. The molecule has 0 aliphatic rings. The monoisotopic (exact) mass is 407 g/mol. The maximum absolute atomic E-state index is 12.6. The number of hydrogen-bond donors (Lipinski definition) is 3. The molecule has 0 atom stereocenters. The van der Waals surface area contributed by atoms with Crippen LogP contribution in [0.4, 0.5) is 5.69 Å². The van der Waals surface area contributed by atoms with Gasteiger partial charge in [0.1, 0.15) is 6.54 Å². The van der Waals surface area contributed by atoms with Gasteiger partial charge in [0.25, 0.3) is 11.5 Å². The maximum atomic E-state index is 12.6. The van der Waals surface area contributed by atoms with E-state index in [1.54, 1.807) is 24.3 Å². The lowest BCUT2D eigenvalue weighted by Gasteiger charge is -2.11. The van der Waals surface area contributed by atoms with Crippen LogP contribution in [0.1, 0.15) is 23.0 Å². The zero-order valence-corrected chi connectivity index (χ0v) is 16.3. The fourth-order valence-electron chi connectivity index (χ4n) is 3.04. The number of primary amides is 1. The predicted octanol–water partition coefficient (Wildman–Crippen LogP) is 0.813. The van der Waals surface area contributed by atoms with Crippen LogP contribution in [-0.4, -0.2) is 34.0 Å². The Balaban J connectivity index is 1.70. The summed E-state index contributed by atoms with van der Waals surface area (Å²) < 4.78 is 0.863. The Labute approximate surface area is 171 Å². The Bertz CT molecular complexity index is 1190. The number of anilines is 1. The molecule has 2 aromatic carbocycles. The summed E-state index contributed by atoms with van der Waals surface area (Å²) in [5, 5.41) is 9.66. The van der Waals surface area contributed by atoms with Crippen LogP contribution in [0, 0.1) is 0 Å². The number of benzene rings is 2. The van der Waals surface area contributed by atoms with Crippen LogP contribution < -0.4 is 21.9 Å². The van der Waals surface area contributed by atoms with Crippen LogP contribution >= 0.6 is 0 Å². The zero-order chi connectivity index (χ0) is 21.7. The lowest BCUT2D eigenvalue weighted by Crippen LogP contribution is -2.38. The average Bonchev–Trinajstić information content (AvgIpc) is 2.74. The summed E-state index contributed by atoms with van der Waals surface area (Å²) in [6.45, 7) is 1.24. The van der Waals surface area contributed by atoms with Crippen LogP contribution in [0.5, 0.6) is 0 Å². The SMILES string of the molecule is CCc1ccccc1NC(=O)CNC(=O)Cn1nc(C(N)=O)c2ccccc2c1=O. The first-order valence-corrected chi connectivity index (χ1v) is 9.34. The van der Waals surface area contributed by atoms with E-state index in [0.717, 1.165) is 16.7 Å². The molecule has 0 bridgehead atoms. The number of fused-ring (bicyclic) bond motifs is 1. The summed E-state index contributed by atoms with van der Waals surface area (Å²) in [7, 11) is 0. The van der Waals surface area contributed by atoms with Crippen molar-refractivity contribution in [3.8, 4) is 0 Å². The van der Waals surface area contributed by atoms with Crippen LogP contribution in [0.2, 0.25) is 0 Å². The minimum atomic E-state index is -0.811. The van der Waals surface area contributed by atoms with Gasteiger partial charge in [-0.25, -0.2) is 4.68 Å². The molecule has 0 saturated carbocycles. The fraction of sp³-hybridized carbons (Fsp3) is 0.190. The third-order valence-electron chi connectivity index (χ3n) is 4.51. The van der Waals surface area contributed by atoms with Crippen molar-refractivity contribution < 1.29 is 14.4 Å². The number of nitrogens with one attached hydrogen (secondary N) is 2. The molecule has 3 rings (SSSR count). The van der Waals surface area contributed by atoms with Gasteiger partial charge in [-0.15, -0.1) is 0 Å². The molecular weight excluding hydrogens is 386 g/mol. The number of para-hydroxylation sites is 1. The lowest BCUT2D eigenvalue weighted by atomic mass is 10.1. The number of rotatable bonds is 7. The Hall–Kier alpha value is -4.01.